The molecule has 0 unspecified atom stereocenters. The van der Waals surface area contributed by atoms with Crippen molar-refractivity contribution in [3.63, 3.8) is 0 Å². The number of carbonyl (C=O) groups is 1. The summed E-state index contributed by atoms with van der Waals surface area (Å²) in [5.74, 6) is 0.910. The van der Waals surface area contributed by atoms with Crippen molar-refractivity contribution in [3.8, 4) is 0 Å². The van der Waals surface area contributed by atoms with E-state index in [1.165, 1.54) is 0 Å². The average Bonchev–Trinajstić information content (AvgIpc) is 3.25. The monoisotopic (exact) mass is 320 g/mol. The molecule has 126 valence electrons. The van der Waals surface area contributed by atoms with E-state index in [2.05, 4.69) is 21.2 Å². The number of hydrogen-bond acceptors (Lipinski definition) is 6. The van der Waals surface area contributed by atoms with Gasteiger partial charge in [0.1, 0.15) is 0 Å². The largest absolute Gasteiger partial charge is 0.370 e. The number of carbonyl (C=O) groups excluding carboxylic acids is 1. The highest BCUT2D eigenvalue weighted by molar-refractivity contribution is 5.76. The first-order valence-electron chi connectivity index (χ1n) is 8.55. The molecule has 0 aliphatic carbocycles. The minimum atomic E-state index is 0.113. The standard InChI is InChI=1S/C15H24N6O2/c22-15(3-1-2-11-6-16-17-7-11)20-5-4-14-13(9-20)21-12(10-23-14)8-18-19-21/h8,11,13-14,16-17H,1-7,9-10H2/t13-,14-/m1/s1. The molecule has 8 heteroatoms. The average molecular weight is 320 g/mol. The zero-order valence-corrected chi connectivity index (χ0v) is 13.3. The van der Waals surface area contributed by atoms with Gasteiger partial charge in [0, 0.05) is 32.6 Å². The second kappa shape index (κ2) is 6.54. The van der Waals surface area contributed by atoms with E-state index >= 15 is 0 Å². The number of hydrazine groups is 1. The van der Waals surface area contributed by atoms with Crippen molar-refractivity contribution in [2.24, 2.45) is 5.92 Å². The van der Waals surface area contributed by atoms with Crippen LogP contribution >= 0.6 is 0 Å². The summed E-state index contributed by atoms with van der Waals surface area (Å²) in [6, 6.07) is 0.113. The normalized spacial score (nSPS) is 27.7. The number of ether oxygens (including phenoxy) is 1. The first-order valence-corrected chi connectivity index (χ1v) is 8.55. The molecule has 0 saturated carbocycles. The third kappa shape index (κ3) is 3.11. The van der Waals surface area contributed by atoms with E-state index in [-0.39, 0.29) is 18.1 Å². The number of fused-ring (bicyclic) bond motifs is 3. The molecule has 1 amide bonds. The van der Waals surface area contributed by atoms with Crippen molar-refractivity contribution in [3.05, 3.63) is 11.9 Å². The summed E-state index contributed by atoms with van der Waals surface area (Å²) in [6.07, 6.45) is 5.49. The van der Waals surface area contributed by atoms with Crippen LogP contribution < -0.4 is 10.9 Å². The van der Waals surface area contributed by atoms with Crippen LogP contribution in [0.2, 0.25) is 0 Å². The highest BCUT2D eigenvalue weighted by Gasteiger charge is 2.37. The molecule has 1 aromatic rings. The van der Waals surface area contributed by atoms with Gasteiger partial charge in [-0.1, -0.05) is 5.21 Å². The molecule has 0 aromatic carbocycles. The van der Waals surface area contributed by atoms with E-state index in [9.17, 15) is 4.79 Å². The zero-order chi connectivity index (χ0) is 15.6. The lowest BCUT2D eigenvalue weighted by molar-refractivity contribution is -0.138. The third-order valence-electron chi connectivity index (χ3n) is 5.19. The predicted molar refractivity (Wildman–Crippen MR) is 82.2 cm³/mol. The van der Waals surface area contributed by atoms with E-state index in [1.807, 2.05) is 9.58 Å². The molecule has 0 bridgehead atoms. The Balaban J connectivity index is 1.31. The number of nitrogens with zero attached hydrogens (tertiary/aromatic N) is 4. The van der Waals surface area contributed by atoms with Gasteiger partial charge in [-0.3, -0.25) is 15.6 Å². The molecule has 4 rings (SSSR count). The molecular formula is C15H24N6O2. The number of hydrogen-bond donors (Lipinski definition) is 2. The van der Waals surface area contributed by atoms with Crippen molar-refractivity contribution in [2.45, 2.75) is 44.4 Å². The number of amides is 1. The van der Waals surface area contributed by atoms with Crippen LogP contribution in [0.5, 0.6) is 0 Å². The van der Waals surface area contributed by atoms with E-state index in [1.54, 1.807) is 6.20 Å². The lowest BCUT2D eigenvalue weighted by Crippen LogP contribution is -2.49. The lowest BCUT2D eigenvalue weighted by Gasteiger charge is -2.41. The first-order chi connectivity index (χ1) is 11.3. The Morgan fingerprint density at radius 1 is 1.39 bits per heavy atom. The van der Waals surface area contributed by atoms with Crippen LogP contribution in [0.4, 0.5) is 0 Å². The fraction of sp³-hybridized carbons (Fsp3) is 0.800. The topological polar surface area (TPSA) is 84.3 Å². The van der Waals surface area contributed by atoms with Crippen LogP contribution in [0.3, 0.4) is 0 Å². The molecule has 4 heterocycles. The summed E-state index contributed by atoms with van der Waals surface area (Å²) in [4.78, 5) is 14.5. The molecule has 3 aliphatic rings. The van der Waals surface area contributed by atoms with Crippen molar-refractivity contribution >= 4 is 5.91 Å². The maximum atomic E-state index is 12.5. The summed E-state index contributed by atoms with van der Waals surface area (Å²) < 4.78 is 7.84. The Kier molecular flexibility index (Phi) is 4.28. The smallest absolute Gasteiger partial charge is 0.222 e. The Morgan fingerprint density at radius 3 is 3.13 bits per heavy atom. The Morgan fingerprint density at radius 2 is 2.26 bits per heavy atom. The SMILES string of the molecule is O=C(CCCC1CNNC1)N1CC[C@H]2OCc3cnnn3[C@@H]2C1. The molecule has 1 aromatic heterocycles. The van der Waals surface area contributed by atoms with Gasteiger partial charge in [0.15, 0.2) is 0 Å². The van der Waals surface area contributed by atoms with E-state index in [0.717, 1.165) is 44.6 Å². The zero-order valence-electron chi connectivity index (χ0n) is 13.3. The van der Waals surface area contributed by atoms with E-state index in [0.29, 0.717) is 25.5 Å². The van der Waals surface area contributed by atoms with Crippen LogP contribution in [-0.2, 0) is 16.1 Å². The van der Waals surface area contributed by atoms with Gasteiger partial charge >= 0.3 is 0 Å². The molecular weight excluding hydrogens is 296 g/mol. The molecule has 2 fully saturated rings. The number of likely N-dealkylation sites (tertiary alicyclic amines) is 1. The van der Waals surface area contributed by atoms with Gasteiger partial charge in [0.2, 0.25) is 5.91 Å². The van der Waals surface area contributed by atoms with Crippen LogP contribution in [0.15, 0.2) is 6.20 Å². The Labute approximate surface area is 135 Å². The molecule has 0 radical (unpaired) electrons. The van der Waals surface area contributed by atoms with Gasteiger partial charge in [-0.25, -0.2) is 4.68 Å². The second-order valence-corrected chi connectivity index (χ2v) is 6.74. The maximum absolute atomic E-state index is 12.5. The minimum absolute atomic E-state index is 0.113. The first kappa shape index (κ1) is 15.0. The van der Waals surface area contributed by atoms with E-state index in [4.69, 9.17) is 4.74 Å². The van der Waals surface area contributed by atoms with Crippen molar-refractivity contribution in [2.75, 3.05) is 26.2 Å². The maximum Gasteiger partial charge on any atom is 0.222 e. The fourth-order valence-electron chi connectivity index (χ4n) is 3.82. The fourth-order valence-corrected chi connectivity index (χ4v) is 3.82. The second-order valence-electron chi connectivity index (χ2n) is 6.74. The van der Waals surface area contributed by atoms with Gasteiger partial charge in [-0.2, -0.15) is 0 Å². The van der Waals surface area contributed by atoms with E-state index < -0.39 is 0 Å². The number of nitrogens with one attached hydrogen (secondary N) is 2. The quantitative estimate of drug-likeness (QED) is 0.802. The summed E-state index contributed by atoms with van der Waals surface area (Å²) in [5, 5.41) is 8.16. The Hall–Kier alpha value is -1.51. The van der Waals surface area contributed by atoms with Gasteiger partial charge in [0.25, 0.3) is 0 Å². The van der Waals surface area contributed by atoms with Crippen LogP contribution in [-0.4, -0.2) is 58.1 Å². The third-order valence-corrected chi connectivity index (χ3v) is 5.19. The number of piperidine rings is 1. The van der Waals surface area contributed by atoms with Gasteiger partial charge in [-0.05, 0) is 25.2 Å². The van der Waals surface area contributed by atoms with Gasteiger partial charge in [-0.15, -0.1) is 5.10 Å². The van der Waals surface area contributed by atoms with Crippen LogP contribution in [0, 0.1) is 5.92 Å². The number of rotatable bonds is 4. The van der Waals surface area contributed by atoms with Crippen molar-refractivity contribution in [1.82, 2.24) is 30.7 Å². The van der Waals surface area contributed by atoms with Crippen LogP contribution in [0.1, 0.15) is 37.4 Å². The molecule has 23 heavy (non-hydrogen) atoms. The summed E-state index contributed by atoms with van der Waals surface area (Å²) in [5.41, 5.74) is 7.28. The molecule has 0 spiro atoms. The highest BCUT2D eigenvalue weighted by atomic mass is 16.5. The predicted octanol–water partition coefficient (Wildman–Crippen LogP) is -0.155. The van der Waals surface area contributed by atoms with Gasteiger partial charge in [0.05, 0.1) is 30.6 Å². The molecule has 2 N–H and O–H groups in total. The van der Waals surface area contributed by atoms with Gasteiger partial charge < -0.3 is 9.64 Å². The summed E-state index contributed by atoms with van der Waals surface area (Å²) >= 11 is 0. The van der Waals surface area contributed by atoms with Crippen molar-refractivity contribution in [1.29, 1.82) is 0 Å². The molecule has 8 nitrogen and oxygen atoms in total. The molecule has 3 aliphatic heterocycles. The van der Waals surface area contributed by atoms with Crippen molar-refractivity contribution < 1.29 is 9.53 Å². The molecule has 2 saturated heterocycles. The summed E-state index contributed by atoms with van der Waals surface area (Å²) in [7, 11) is 0. The summed E-state index contributed by atoms with van der Waals surface area (Å²) in [6.45, 7) is 4.07. The van der Waals surface area contributed by atoms with Crippen LogP contribution in [0.25, 0.3) is 0 Å². The lowest BCUT2D eigenvalue weighted by atomic mass is 9.99. The number of aromatic nitrogens is 3. The highest BCUT2D eigenvalue weighted by Crippen LogP contribution is 2.30. The molecule has 2 atom stereocenters. The minimum Gasteiger partial charge on any atom is -0.370 e. The Bertz CT molecular complexity index is 556.